The molecule has 2 rings (SSSR count). The summed E-state index contributed by atoms with van der Waals surface area (Å²) in [5.41, 5.74) is 1.35. The van der Waals surface area contributed by atoms with Gasteiger partial charge >= 0.3 is 5.97 Å². The highest BCUT2D eigenvalue weighted by atomic mass is 16.5. The Bertz CT molecular complexity index is 613. The molecule has 0 saturated carbocycles. The molecule has 0 saturated heterocycles. The van der Waals surface area contributed by atoms with Gasteiger partial charge in [-0.05, 0) is 18.6 Å². The molecule has 0 amide bonds. The molecule has 4 nitrogen and oxygen atoms in total. The molecule has 1 N–H and O–H groups in total. The van der Waals surface area contributed by atoms with E-state index in [1.165, 1.54) is 13.0 Å². The quantitative estimate of drug-likeness (QED) is 0.740. The van der Waals surface area contributed by atoms with E-state index in [0.717, 1.165) is 10.9 Å². The summed E-state index contributed by atoms with van der Waals surface area (Å²) in [7, 11) is 0. The summed E-state index contributed by atoms with van der Waals surface area (Å²) in [4.78, 5) is 25.0. The maximum absolute atomic E-state index is 11.4. The largest absolute Gasteiger partial charge is 0.426 e. The first-order chi connectivity index (χ1) is 7.58. The molecule has 0 aliphatic rings. The monoisotopic (exact) mass is 217 g/mol. The fraction of sp³-hybridized carbons (Fsp3) is 0.167. The fourth-order valence-corrected chi connectivity index (χ4v) is 1.63. The number of aromatic amines is 1. The van der Waals surface area contributed by atoms with Crippen molar-refractivity contribution in [1.29, 1.82) is 0 Å². The number of aryl methyl sites for hydroxylation is 1. The van der Waals surface area contributed by atoms with Gasteiger partial charge in [0.1, 0.15) is 5.75 Å². The number of esters is 1. The molecule has 82 valence electrons. The van der Waals surface area contributed by atoms with Crippen LogP contribution in [0, 0.1) is 6.92 Å². The van der Waals surface area contributed by atoms with Crippen LogP contribution in [-0.2, 0) is 4.79 Å². The van der Waals surface area contributed by atoms with Crippen molar-refractivity contribution in [2.75, 3.05) is 0 Å². The van der Waals surface area contributed by atoms with Gasteiger partial charge in [0, 0.05) is 18.4 Å². The number of benzene rings is 1. The summed E-state index contributed by atoms with van der Waals surface area (Å²) in [6.45, 7) is 3.19. The Hall–Kier alpha value is -2.10. The smallest absolute Gasteiger partial charge is 0.308 e. The average molecular weight is 217 g/mol. The first kappa shape index (κ1) is 10.4. The minimum Gasteiger partial charge on any atom is -0.426 e. The molecule has 0 spiro atoms. The van der Waals surface area contributed by atoms with Crippen LogP contribution in [0.1, 0.15) is 12.5 Å². The first-order valence-corrected chi connectivity index (χ1v) is 4.89. The van der Waals surface area contributed by atoms with E-state index in [9.17, 15) is 9.59 Å². The van der Waals surface area contributed by atoms with Crippen LogP contribution in [0.5, 0.6) is 5.75 Å². The van der Waals surface area contributed by atoms with Gasteiger partial charge < -0.3 is 9.72 Å². The Morgan fingerprint density at radius 3 is 2.81 bits per heavy atom. The van der Waals surface area contributed by atoms with Crippen LogP contribution in [0.4, 0.5) is 0 Å². The second-order valence-corrected chi connectivity index (χ2v) is 3.59. The molecule has 0 aliphatic carbocycles. The molecule has 0 fully saturated rings. The van der Waals surface area contributed by atoms with Gasteiger partial charge in [-0.3, -0.25) is 9.59 Å². The van der Waals surface area contributed by atoms with E-state index in [1.54, 1.807) is 6.07 Å². The van der Waals surface area contributed by atoms with Crippen LogP contribution in [0.15, 0.2) is 29.1 Å². The summed E-state index contributed by atoms with van der Waals surface area (Å²) in [5.74, 6) is -0.136. The number of pyridine rings is 1. The molecule has 1 aromatic carbocycles. The molecule has 4 heteroatoms. The third kappa shape index (κ3) is 1.82. The topological polar surface area (TPSA) is 59.2 Å². The van der Waals surface area contributed by atoms with Gasteiger partial charge in [0.25, 0.3) is 5.56 Å². The number of para-hydroxylation sites is 1. The molecule has 1 aromatic heterocycles. The number of hydrogen-bond acceptors (Lipinski definition) is 3. The molecule has 0 radical (unpaired) electrons. The molecule has 0 bridgehead atoms. The highest BCUT2D eigenvalue weighted by Gasteiger charge is 2.07. The van der Waals surface area contributed by atoms with Crippen LogP contribution in [-0.4, -0.2) is 11.0 Å². The number of fused-ring (bicyclic) bond motifs is 1. The van der Waals surface area contributed by atoms with Crippen molar-refractivity contribution in [3.63, 3.8) is 0 Å². The van der Waals surface area contributed by atoms with Gasteiger partial charge in [-0.1, -0.05) is 12.1 Å². The van der Waals surface area contributed by atoms with Crippen molar-refractivity contribution in [1.82, 2.24) is 4.98 Å². The molecule has 2 aromatic rings. The number of aromatic nitrogens is 1. The normalized spacial score (nSPS) is 10.4. The predicted molar refractivity (Wildman–Crippen MR) is 60.6 cm³/mol. The van der Waals surface area contributed by atoms with E-state index in [4.69, 9.17) is 4.74 Å². The van der Waals surface area contributed by atoms with Crippen molar-refractivity contribution in [3.05, 3.63) is 40.2 Å². The molecular weight excluding hydrogens is 206 g/mol. The van der Waals surface area contributed by atoms with Gasteiger partial charge in [-0.15, -0.1) is 0 Å². The van der Waals surface area contributed by atoms with Crippen molar-refractivity contribution >= 4 is 16.9 Å². The molecule has 0 unspecified atom stereocenters. The minimum atomic E-state index is -0.437. The zero-order valence-corrected chi connectivity index (χ0v) is 9.03. The second-order valence-electron chi connectivity index (χ2n) is 3.59. The Morgan fingerprint density at radius 1 is 1.38 bits per heavy atom. The SMILES string of the molecule is CC(=O)Oc1cc(=O)[nH]c2c(C)cccc12. The van der Waals surface area contributed by atoms with E-state index in [2.05, 4.69) is 4.98 Å². The highest BCUT2D eigenvalue weighted by molar-refractivity contribution is 5.89. The average Bonchev–Trinajstić information content (AvgIpc) is 2.18. The van der Waals surface area contributed by atoms with Crippen LogP contribution in [0.2, 0.25) is 0 Å². The van der Waals surface area contributed by atoms with Crippen LogP contribution in [0.3, 0.4) is 0 Å². The number of carbonyl (C=O) groups excluding carboxylic acids is 1. The molecular formula is C12H11NO3. The third-order valence-corrected chi connectivity index (χ3v) is 2.30. The number of nitrogens with one attached hydrogen (secondary N) is 1. The van der Waals surface area contributed by atoms with Crippen molar-refractivity contribution in [3.8, 4) is 5.75 Å². The zero-order valence-electron chi connectivity index (χ0n) is 9.03. The molecule has 16 heavy (non-hydrogen) atoms. The molecule has 0 aliphatic heterocycles. The lowest BCUT2D eigenvalue weighted by Gasteiger charge is -2.06. The van der Waals surface area contributed by atoms with Crippen molar-refractivity contribution < 1.29 is 9.53 Å². The predicted octanol–water partition coefficient (Wildman–Crippen LogP) is 1.76. The van der Waals surface area contributed by atoms with Gasteiger partial charge in [-0.2, -0.15) is 0 Å². The Kier molecular flexibility index (Phi) is 2.48. The number of ether oxygens (including phenoxy) is 1. The van der Waals surface area contributed by atoms with Gasteiger partial charge in [0.05, 0.1) is 5.52 Å². The Morgan fingerprint density at radius 2 is 2.12 bits per heavy atom. The zero-order chi connectivity index (χ0) is 11.7. The van der Waals surface area contributed by atoms with Crippen LogP contribution < -0.4 is 10.3 Å². The lowest BCUT2D eigenvalue weighted by Crippen LogP contribution is -2.09. The summed E-state index contributed by atoms with van der Waals surface area (Å²) >= 11 is 0. The second kappa shape index (κ2) is 3.81. The number of rotatable bonds is 1. The van der Waals surface area contributed by atoms with Gasteiger partial charge in [0.15, 0.2) is 0 Å². The number of carbonyl (C=O) groups is 1. The lowest BCUT2D eigenvalue weighted by atomic mass is 10.1. The fourth-order valence-electron chi connectivity index (χ4n) is 1.63. The lowest BCUT2D eigenvalue weighted by molar-refractivity contribution is -0.131. The number of H-pyrrole nitrogens is 1. The van der Waals surface area contributed by atoms with Crippen molar-refractivity contribution in [2.45, 2.75) is 13.8 Å². The summed E-state index contributed by atoms with van der Waals surface area (Å²) < 4.78 is 5.00. The summed E-state index contributed by atoms with van der Waals surface area (Å²) in [6, 6.07) is 6.82. The molecule has 0 atom stereocenters. The van der Waals surface area contributed by atoms with E-state index in [1.807, 2.05) is 19.1 Å². The third-order valence-electron chi connectivity index (χ3n) is 2.30. The first-order valence-electron chi connectivity index (χ1n) is 4.89. The molecule has 1 heterocycles. The van der Waals surface area contributed by atoms with Crippen LogP contribution >= 0.6 is 0 Å². The minimum absolute atomic E-state index is 0.280. The van der Waals surface area contributed by atoms with Crippen LogP contribution in [0.25, 0.3) is 10.9 Å². The standard InChI is InChI=1S/C12H11NO3/c1-7-4-3-5-9-10(16-8(2)14)6-11(15)13-12(7)9/h3-6H,1-2H3,(H,13,15). The van der Waals surface area contributed by atoms with Crippen molar-refractivity contribution in [2.24, 2.45) is 0 Å². The highest BCUT2D eigenvalue weighted by Crippen LogP contribution is 2.24. The van der Waals surface area contributed by atoms with E-state index in [0.29, 0.717) is 11.3 Å². The van der Waals surface area contributed by atoms with E-state index in [-0.39, 0.29) is 5.56 Å². The van der Waals surface area contributed by atoms with E-state index >= 15 is 0 Å². The summed E-state index contributed by atoms with van der Waals surface area (Å²) in [6.07, 6.45) is 0. The number of hydrogen-bond donors (Lipinski definition) is 1. The Balaban J connectivity index is 2.78. The maximum Gasteiger partial charge on any atom is 0.308 e. The summed E-state index contributed by atoms with van der Waals surface area (Å²) in [5, 5.41) is 0.731. The Labute approximate surface area is 91.9 Å². The van der Waals surface area contributed by atoms with E-state index < -0.39 is 5.97 Å². The van der Waals surface area contributed by atoms with Gasteiger partial charge in [0.2, 0.25) is 0 Å². The maximum atomic E-state index is 11.4. The van der Waals surface area contributed by atoms with Gasteiger partial charge in [-0.25, -0.2) is 0 Å².